The van der Waals surface area contributed by atoms with Gasteiger partial charge in [-0.2, -0.15) is 4.31 Å². The number of hydrogen-bond acceptors (Lipinski definition) is 6. The number of fused-ring (bicyclic) bond motifs is 1. The van der Waals surface area contributed by atoms with E-state index in [4.69, 9.17) is 4.74 Å². The van der Waals surface area contributed by atoms with Crippen molar-refractivity contribution >= 4 is 27.4 Å². The number of ether oxygens (including phenoxy) is 1. The molecule has 3 aliphatic heterocycles. The number of urea groups is 1. The lowest BCUT2D eigenvalue weighted by molar-refractivity contribution is 0.180. The summed E-state index contributed by atoms with van der Waals surface area (Å²) >= 11 is 0. The monoisotopic (exact) mass is 395 g/mol. The average Bonchev–Trinajstić information content (AvgIpc) is 2.62. The molecule has 0 saturated carbocycles. The van der Waals surface area contributed by atoms with Crippen molar-refractivity contribution in [3.8, 4) is 5.75 Å². The summed E-state index contributed by atoms with van der Waals surface area (Å²) in [4.78, 5) is 16.1. The van der Waals surface area contributed by atoms with E-state index in [1.165, 1.54) is 9.21 Å². The fraction of sp³-hybridized carbons (Fsp3) is 0.588. The Morgan fingerprint density at radius 3 is 2.70 bits per heavy atom. The van der Waals surface area contributed by atoms with Gasteiger partial charge in [0.1, 0.15) is 17.6 Å². The van der Waals surface area contributed by atoms with Gasteiger partial charge in [0.25, 0.3) is 0 Å². The van der Waals surface area contributed by atoms with Crippen molar-refractivity contribution in [1.29, 1.82) is 0 Å². The summed E-state index contributed by atoms with van der Waals surface area (Å²) in [6.45, 7) is 4.23. The Hall–Kier alpha value is -2.04. The maximum absolute atomic E-state index is 12.6. The van der Waals surface area contributed by atoms with Gasteiger partial charge in [0.2, 0.25) is 10.0 Å². The first-order chi connectivity index (χ1) is 12.9. The fourth-order valence-corrected chi connectivity index (χ4v) is 5.38. The summed E-state index contributed by atoms with van der Waals surface area (Å²) in [6.07, 6.45) is 0. The molecule has 0 spiro atoms. The third-order valence-corrected chi connectivity index (χ3v) is 7.52. The van der Waals surface area contributed by atoms with Crippen LogP contribution in [0.25, 0.3) is 0 Å². The summed E-state index contributed by atoms with van der Waals surface area (Å²) in [5, 5.41) is 5.49. The van der Waals surface area contributed by atoms with Crippen LogP contribution in [0.3, 0.4) is 0 Å². The molecule has 4 rings (SSSR count). The lowest BCUT2D eigenvalue weighted by Crippen LogP contribution is -2.62. The summed E-state index contributed by atoms with van der Waals surface area (Å²) in [7, 11) is -1.36. The summed E-state index contributed by atoms with van der Waals surface area (Å²) in [5.74, 6) is 0.799. The number of anilines is 2. The maximum atomic E-state index is 12.6. The van der Waals surface area contributed by atoms with E-state index >= 15 is 0 Å². The predicted molar refractivity (Wildman–Crippen MR) is 103 cm³/mol. The van der Waals surface area contributed by atoms with Crippen molar-refractivity contribution in [2.45, 2.75) is 5.25 Å². The fourth-order valence-electron chi connectivity index (χ4n) is 3.53. The molecule has 0 atom stereocenters. The molecule has 0 bridgehead atoms. The number of carbonyl (C=O) groups excluding carboxylic acids is 1. The molecule has 2 N–H and O–H groups in total. The van der Waals surface area contributed by atoms with Gasteiger partial charge in [0.05, 0.1) is 12.2 Å². The molecular weight excluding hydrogens is 370 g/mol. The number of carbonyl (C=O) groups is 1. The Balaban J connectivity index is 1.35. The third-order valence-electron chi connectivity index (χ3n) is 5.30. The van der Waals surface area contributed by atoms with Crippen molar-refractivity contribution in [2.75, 3.05) is 69.7 Å². The minimum atomic E-state index is -3.34. The van der Waals surface area contributed by atoms with Gasteiger partial charge in [0.15, 0.2) is 0 Å². The minimum Gasteiger partial charge on any atom is -0.490 e. The number of sulfonamides is 1. The van der Waals surface area contributed by atoms with Gasteiger partial charge in [-0.05, 0) is 18.2 Å². The number of nitrogens with one attached hydrogen (secondary N) is 2. The second kappa shape index (κ2) is 7.17. The number of nitrogens with zero attached hydrogens (tertiary/aromatic N) is 3. The van der Waals surface area contributed by atoms with Crippen molar-refractivity contribution in [2.24, 2.45) is 0 Å². The Labute approximate surface area is 159 Å². The zero-order chi connectivity index (χ0) is 19.0. The van der Waals surface area contributed by atoms with Crippen LogP contribution in [0.15, 0.2) is 18.2 Å². The number of likely N-dealkylation sites (N-methyl/N-ethyl adjacent to an activating group) is 1. The van der Waals surface area contributed by atoms with E-state index in [-0.39, 0.29) is 19.1 Å². The lowest BCUT2D eigenvalue weighted by atomic mass is 10.2. The van der Waals surface area contributed by atoms with Crippen molar-refractivity contribution < 1.29 is 17.9 Å². The zero-order valence-corrected chi connectivity index (χ0v) is 16.2. The molecule has 0 unspecified atom stereocenters. The standard InChI is InChI=1S/C17H25N5O4S/c1-20-8-9-26-16-3-2-13(10-15(16)20)19-17(23)21-11-14(12-21)27(24,25)22-6-4-18-5-7-22/h2-3,10,14,18H,4-9,11-12H2,1H3,(H,19,23). The van der Waals surface area contributed by atoms with E-state index < -0.39 is 15.3 Å². The molecule has 9 nitrogen and oxygen atoms in total. The molecular formula is C17H25N5O4S. The number of likely N-dealkylation sites (tertiary alicyclic amines) is 1. The van der Waals surface area contributed by atoms with E-state index in [0.717, 1.165) is 18.0 Å². The highest BCUT2D eigenvalue weighted by atomic mass is 32.2. The van der Waals surface area contributed by atoms with Crippen molar-refractivity contribution in [1.82, 2.24) is 14.5 Å². The predicted octanol–water partition coefficient (Wildman–Crippen LogP) is -0.0337. The van der Waals surface area contributed by atoms with Crippen LogP contribution in [0.2, 0.25) is 0 Å². The van der Waals surface area contributed by atoms with Crippen LogP contribution in [0.5, 0.6) is 5.75 Å². The molecule has 3 aliphatic rings. The van der Waals surface area contributed by atoms with Gasteiger partial charge in [0, 0.05) is 52.0 Å². The first-order valence-electron chi connectivity index (χ1n) is 9.19. The zero-order valence-electron chi connectivity index (χ0n) is 15.3. The molecule has 0 aromatic heterocycles. The highest BCUT2D eigenvalue weighted by Crippen LogP contribution is 2.33. The first kappa shape index (κ1) is 18.3. The molecule has 27 heavy (non-hydrogen) atoms. The van der Waals surface area contributed by atoms with Gasteiger partial charge in [-0.1, -0.05) is 0 Å². The van der Waals surface area contributed by atoms with Crippen molar-refractivity contribution in [3.05, 3.63) is 18.2 Å². The maximum Gasteiger partial charge on any atom is 0.321 e. The van der Waals surface area contributed by atoms with Crippen LogP contribution < -0.4 is 20.3 Å². The van der Waals surface area contributed by atoms with Crippen LogP contribution in [-0.2, 0) is 10.0 Å². The SMILES string of the molecule is CN1CCOc2ccc(NC(=O)N3CC(S(=O)(=O)N4CCNCC4)C3)cc21. The van der Waals surface area contributed by atoms with Gasteiger partial charge in [-0.3, -0.25) is 0 Å². The van der Waals surface area contributed by atoms with E-state index in [0.29, 0.717) is 38.5 Å². The Bertz CT molecular complexity index is 819. The highest BCUT2D eigenvalue weighted by molar-refractivity contribution is 7.89. The third kappa shape index (κ3) is 3.56. The smallest absolute Gasteiger partial charge is 0.321 e. The molecule has 1 aromatic rings. The molecule has 10 heteroatoms. The van der Waals surface area contributed by atoms with E-state index in [1.54, 1.807) is 6.07 Å². The molecule has 2 saturated heterocycles. The topological polar surface area (TPSA) is 94.2 Å². The lowest BCUT2D eigenvalue weighted by Gasteiger charge is -2.41. The normalized spacial score (nSPS) is 21.2. The van der Waals surface area contributed by atoms with Gasteiger partial charge in [-0.15, -0.1) is 0 Å². The Morgan fingerprint density at radius 2 is 1.96 bits per heavy atom. The van der Waals surface area contributed by atoms with Gasteiger partial charge >= 0.3 is 6.03 Å². The van der Waals surface area contributed by atoms with Crippen LogP contribution >= 0.6 is 0 Å². The quantitative estimate of drug-likeness (QED) is 0.746. The minimum absolute atomic E-state index is 0.228. The van der Waals surface area contributed by atoms with Gasteiger partial charge in [-0.25, -0.2) is 13.2 Å². The number of piperazine rings is 1. The van der Waals surface area contributed by atoms with Gasteiger partial charge < -0.3 is 25.2 Å². The summed E-state index contributed by atoms with van der Waals surface area (Å²) < 4.78 is 32.4. The number of rotatable bonds is 3. The number of hydrogen-bond donors (Lipinski definition) is 2. The van der Waals surface area contributed by atoms with Crippen LogP contribution in [0, 0.1) is 0 Å². The van der Waals surface area contributed by atoms with Crippen LogP contribution in [0.1, 0.15) is 0 Å². The largest absolute Gasteiger partial charge is 0.490 e. The Morgan fingerprint density at radius 1 is 1.22 bits per heavy atom. The van der Waals surface area contributed by atoms with E-state index in [1.807, 2.05) is 19.2 Å². The second-order valence-corrected chi connectivity index (χ2v) is 9.32. The van der Waals surface area contributed by atoms with E-state index in [9.17, 15) is 13.2 Å². The van der Waals surface area contributed by atoms with Crippen LogP contribution in [0.4, 0.5) is 16.2 Å². The summed E-state index contributed by atoms with van der Waals surface area (Å²) in [5.41, 5.74) is 1.60. The average molecular weight is 395 g/mol. The molecule has 2 fully saturated rings. The molecule has 2 amide bonds. The molecule has 1 aromatic carbocycles. The second-order valence-electron chi connectivity index (χ2n) is 7.10. The Kier molecular flexibility index (Phi) is 4.87. The molecule has 148 valence electrons. The first-order valence-corrected chi connectivity index (χ1v) is 10.7. The molecule has 3 heterocycles. The van der Waals surface area contributed by atoms with Crippen LogP contribution in [-0.4, -0.2) is 88.4 Å². The molecule has 0 aliphatic carbocycles. The number of benzene rings is 1. The molecule has 0 radical (unpaired) electrons. The van der Waals surface area contributed by atoms with E-state index in [2.05, 4.69) is 15.5 Å². The highest BCUT2D eigenvalue weighted by Gasteiger charge is 2.43. The summed E-state index contributed by atoms with van der Waals surface area (Å²) in [6, 6.07) is 5.24. The van der Waals surface area contributed by atoms with Crippen molar-refractivity contribution in [3.63, 3.8) is 0 Å². The number of amides is 2.